The number of anilines is 1. The zero-order chi connectivity index (χ0) is 26.8. The smallest absolute Gasteiger partial charge is 0.264 e. The normalized spacial score (nSPS) is 12.0. The molecule has 0 heterocycles. The summed E-state index contributed by atoms with van der Waals surface area (Å²) in [7, 11) is -4.22. The number of para-hydroxylation sites is 1. The van der Waals surface area contributed by atoms with Gasteiger partial charge in [-0.3, -0.25) is 13.9 Å². The van der Waals surface area contributed by atoms with E-state index in [2.05, 4.69) is 5.32 Å². The Hall–Kier alpha value is -3.72. The summed E-state index contributed by atoms with van der Waals surface area (Å²) in [6, 6.07) is 21.0. The van der Waals surface area contributed by atoms with Crippen LogP contribution in [0.4, 0.5) is 10.1 Å². The van der Waals surface area contributed by atoms with Gasteiger partial charge < -0.3 is 10.2 Å². The number of nitrogens with zero attached hydrogens (tertiary/aromatic N) is 2. The Balaban J connectivity index is 1.95. The predicted octanol–water partition coefficient (Wildman–Crippen LogP) is 4.35. The highest BCUT2D eigenvalue weighted by Gasteiger charge is 2.32. The number of nitrogens with one attached hydrogen (secondary N) is 1. The number of unbranched alkanes of at least 4 members (excludes halogenated alkanes) is 1. The molecule has 196 valence electrons. The van der Waals surface area contributed by atoms with Gasteiger partial charge in [0.2, 0.25) is 11.8 Å². The number of carbonyl (C=O) groups excluding carboxylic acids is 2. The molecule has 0 aliphatic heterocycles. The summed E-state index contributed by atoms with van der Waals surface area (Å²) in [6.07, 6.45) is 1.72. The van der Waals surface area contributed by atoms with E-state index in [1.807, 2.05) is 37.3 Å². The summed E-state index contributed by atoms with van der Waals surface area (Å²) in [5.41, 5.74) is 1.08. The molecule has 0 aliphatic rings. The first-order chi connectivity index (χ1) is 17.7. The van der Waals surface area contributed by atoms with Gasteiger partial charge in [0.15, 0.2) is 0 Å². The number of benzene rings is 3. The molecule has 3 aromatic rings. The van der Waals surface area contributed by atoms with E-state index in [1.54, 1.807) is 37.3 Å². The minimum absolute atomic E-state index is 0.126. The third kappa shape index (κ3) is 7.39. The molecule has 9 heteroatoms. The summed E-state index contributed by atoms with van der Waals surface area (Å²) >= 11 is 0. The molecule has 0 unspecified atom stereocenters. The van der Waals surface area contributed by atoms with Crippen LogP contribution in [0.25, 0.3) is 0 Å². The topological polar surface area (TPSA) is 86.8 Å². The summed E-state index contributed by atoms with van der Waals surface area (Å²) in [4.78, 5) is 27.8. The molecule has 1 N–H and O–H groups in total. The first kappa shape index (κ1) is 27.9. The maximum absolute atomic E-state index is 13.7. The molecule has 37 heavy (non-hydrogen) atoms. The van der Waals surface area contributed by atoms with Crippen LogP contribution in [0.5, 0.6) is 0 Å². The van der Waals surface area contributed by atoms with Crippen molar-refractivity contribution in [1.29, 1.82) is 0 Å². The van der Waals surface area contributed by atoms with Gasteiger partial charge in [-0.1, -0.05) is 61.9 Å². The van der Waals surface area contributed by atoms with Gasteiger partial charge in [-0.25, -0.2) is 12.8 Å². The molecular weight excluding hydrogens is 493 g/mol. The second-order valence-corrected chi connectivity index (χ2v) is 10.5. The van der Waals surface area contributed by atoms with Crippen molar-refractivity contribution < 1.29 is 22.4 Å². The van der Waals surface area contributed by atoms with E-state index in [9.17, 15) is 22.4 Å². The van der Waals surface area contributed by atoms with Crippen LogP contribution in [0.3, 0.4) is 0 Å². The summed E-state index contributed by atoms with van der Waals surface area (Å²) < 4.78 is 41.7. The fourth-order valence-corrected chi connectivity index (χ4v) is 5.17. The highest BCUT2D eigenvalue weighted by molar-refractivity contribution is 7.92. The SMILES string of the molecule is CCCCNC(=O)[C@@H](C)N(Cc1ccccc1)C(=O)CN(c1ccccc1)S(=O)(=O)c1ccc(F)cc1. The van der Waals surface area contributed by atoms with Crippen LogP contribution in [-0.4, -0.2) is 44.3 Å². The van der Waals surface area contributed by atoms with Crippen LogP contribution in [0, 0.1) is 5.82 Å². The van der Waals surface area contributed by atoms with Gasteiger partial charge in [0, 0.05) is 13.1 Å². The Labute approximate surface area is 218 Å². The molecule has 0 radical (unpaired) electrons. The fraction of sp³-hybridized carbons (Fsp3) is 0.286. The first-order valence-electron chi connectivity index (χ1n) is 12.2. The lowest BCUT2D eigenvalue weighted by molar-refractivity contribution is -0.139. The Morgan fingerprint density at radius 3 is 2.11 bits per heavy atom. The molecule has 1 atom stereocenters. The van der Waals surface area contributed by atoms with Crippen molar-refractivity contribution in [1.82, 2.24) is 10.2 Å². The molecule has 7 nitrogen and oxygen atoms in total. The standard InChI is InChI=1S/C28H32FN3O4S/c1-3-4-19-30-28(34)22(2)31(20-23-11-7-5-8-12-23)27(33)21-32(25-13-9-6-10-14-25)37(35,36)26-17-15-24(29)16-18-26/h5-18,22H,3-4,19-21H2,1-2H3,(H,30,34)/t22-/m1/s1. The van der Waals surface area contributed by atoms with E-state index >= 15 is 0 Å². The van der Waals surface area contributed by atoms with Crippen molar-refractivity contribution in [3.8, 4) is 0 Å². The largest absolute Gasteiger partial charge is 0.354 e. The molecule has 0 aromatic heterocycles. The molecule has 0 spiro atoms. The van der Waals surface area contributed by atoms with E-state index in [1.165, 1.54) is 4.90 Å². The number of rotatable bonds is 12. The molecule has 0 saturated carbocycles. The van der Waals surface area contributed by atoms with E-state index < -0.39 is 34.3 Å². The van der Waals surface area contributed by atoms with Crippen LogP contribution in [-0.2, 0) is 26.2 Å². The molecule has 0 bridgehead atoms. The fourth-order valence-electron chi connectivity index (χ4n) is 3.76. The average molecular weight is 526 g/mol. The highest BCUT2D eigenvalue weighted by atomic mass is 32.2. The minimum atomic E-state index is -4.22. The van der Waals surface area contributed by atoms with Gasteiger partial charge in [-0.05, 0) is 55.3 Å². The monoisotopic (exact) mass is 525 g/mol. The lowest BCUT2D eigenvalue weighted by Gasteiger charge is -2.32. The van der Waals surface area contributed by atoms with Gasteiger partial charge >= 0.3 is 0 Å². The van der Waals surface area contributed by atoms with Crippen molar-refractivity contribution in [3.63, 3.8) is 0 Å². The maximum atomic E-state index is 13.7. The van der Waals surface area contributed by atoms with Crippen molar-refractivity contribution in [2.75, 3.05) is 17.4 Å². The Morgan fingerprint density at radius 1 is 0.919 bits per heavy atom. The molecule has 3 rings (SSSR count). The Bertz CT molecular complexity index is 1270. The lowest BCUT2D eigenvalue weighted by atomic mass is 10.1. The van der Waals surface area contributed by atoms with Crippen LogP contribution < -0.4 is 9.62 Å². The third-order valence-electron chi connectivity index (χ3n) is 5.92. The summed E-state index contributed by atoms with van der Waals surface area (Å²) in [5, 5.41) is 2.85. The van der Waals surface area contributed by atoms with Crippen LogP contribution in [0.2, 0.25) is 0 Å². The molecular formula is C28H32FN3O4S. The molecule has 3 aromatic carbocycles. The third-order valence-corrected chi connectivity index (χ3v) is 7.71. The van der Waals surface area contributed by atoms with Crippen molar-refractivity contribution in [2.24, 2.45) is 0 Å². The van der Waals surface area contributed by atoms with Gasteiger partial charge in [-0.2, -0.15) is 0 Å². The van der Waals surface area contributed by atoms with Crippen LogP contribution >= 0.6 is 0 Å². The van der Waals surface area contributed by atoms with Crippen molar-refractivity contribution in [2.45, 2.75) is 44.2 Å². The Kier molecular flexibility index (Phi) is 9.79. The quantitative estimate of drug-likeness (QED) is 0.356. The molecule has 0 fully saturated rings. The van der Waals surface area contributed by atoms with E-state index in [-0.39, 0.29) is 23.0 Å². The van der Waals surface area contributed by atoms with E-state index in [0.717, 1.165) is 47.0 Å². The Morgan fingerprint density at radius 2 is 1.51 bits per heavy atom. The van der Waals surface area contributed by atoms with Crippen LogP contribution in [0.1, 0.15) is 32.3 Å². The minimum Gasteiger partial charge on any atom is -0.354 e. The van der Waals surface area contributed by atoms with E-state index in [0.29, 0.717) is 6.54 Å². The highest BCUT2D eigenvalue weighted by Crippen LogP contribution is 2.24. The zero-order valence-electron chi connectivity index (χ0n) is 21.0. The zero-order valence-corrected chi connectivity index (χ0v) is 21.8. The first-order valence-corrected chi connectivity index (χ1v) is 13.6. The number of sulfonamides is 1. The van der Waals surface area contributed by atoms with Crippen LogP contribution in [0.15, 0.2) is 89.8 Å². The van der Waals surface area contributed by atoms with Gasteiger partial charge in [0.25, 0.3) is 10.0 Å². The second-order valence-electron chi connectivity index (χ2n) is 8.63. The second kappa shape index (κ2) is 13.0. The molecule has 2 amide bonds. The van der Waals surface area contributed by atoms with Crippen molar-refractivity contribution >= 4 is 27.5 Å². The molecule has 0 saturated heterocycles. The molecule has 0 aliphatic carbocycles. The van der Waals surface area contributed by atoms with Gasteiger partial charge in [-0.15, -0.1) is 0 Å². The summed E-state index contributed by atoms with van der Waals surface area (Å²) in [6.45, 7) is 3.72. The lowest BCUT2D eigenvalue weighted by Crippen LogP contribution is -2.51. The predicted molar refractivity (Wildman–Crippen MR) is 142 cm³/mol. The summed E-state index contributed by atoms with van der Waals surface area (Å²) in [5.74, 6) is -1.43. The van der Waals surface area contributed by atoms with E-state index in [4.69, 9.17) is 0 Å². The van der Waals surface area contributed by atoms with Gasteiger partial charge in [0.1, 0.15) is 18.4 Å². The average Bonchev–Trinajstić information content (AvgIpc) is 2.91. The van der Waals surface area contributed by atoms with Crippen molar-refractivity contribution in [3.05, 3.63) is 96.3 Å². The maximum Gasteiger partial charge on any atom is 0.264 e. The number of hydrogen-bond donors (Lipinski definition) is 1. The number of halogens is 1. The number of hydrogen-bond acceptors (Lipinski definition) is 4. The van der Waals surface area contributed by atoms with Gasteiger partial charge in [0.05, 0.1) is 10.6 Å². The number of amides is 2. The number of carbonyl (C=O) groups is 2.